The van der Waals surface area contributed by atoms with Crippen LogP contribution < -0.4 is 0 Å². The number of hydrogen-bond donors (Lipinski definition) is 1. The molecule has 1 saturated carbocycles. The van der Waals surface area contributed by atoms with Gasteiger partial charge >= 0.3 is 12.1 Å². The van der Waals surface area contributed by atoms with Crippen molar-refractivity contribution in [3.8, 4) is 6.07 Å². The second kappa shape index (κ2) is 9.10. The second-order valence-corrected chi connectivity index (χ2v) is 8.69. The molecule has 0 bridgehead atoms. The molecule has 3 atom stereocenters. The van der Waals surface area contributed by atoms with E-state index in [0.717, 1.165) is 52.0 Å². The van der Waals surface area contributed by atoms with Gasteiger partial charge in [-0.2, -0.15) is 18.4 Å². The van der Waals surface area contributed by atoms with Gasteiger partial charge in [0, 0.05) is 31.0 Å². The smallest absolute Gasteiger partial charge is 0.475 e. The second-order valence-electron chi connectivity index (χ2n) is 8.69. The maximum absolute atomic E-state index is 13.0. The van der Waals surface area contributed by atoms with Gasteiger partial charge in [-0.3, -0.25) is 9.69 Å². The van der Waals surface area contributed by atoms with Gasteiger partial charge in [0.2, 0.25) is 5.91 Å². The molecule has 0 aromatic heterocycles. The number of aliphatic carboxylic acids is 1. The molecule has 10 heteroatoms. The van der Waals surface area contributed by atoms with Gasteiger partial charge in [0.05, 0.1) is 19.3 Å². The molecule has 4 aliphatic rings. The molecule has 0 spiro atoms. The number of nitrogens with zero attached hydrogens (tertiary/aromatic N) is 3. The van der Waals surface area contributed by atoms with Crippen molar-refractivity contribution in [2.24, 2.45) is 17.3 Å². The third-order valence-electron chi connectivity index (χ3n) is 6.83. The topological polar surface area (TPSA) is 93.9 Å². The summed E-state index contributed by atoms with van der Waals surface area (Å²) in [4.78, 5) is 26.5. The molecule has 0 unspecified atom stereocenters. The molecule has 3 heterocycles. The van der Waals surface area contributed by atoms with Crippen LogP contribution in [0, 0.1) is 28.6 Å². The van der Waals surface area contributed by atoms with E-state index in [0.29, 0.717) is 17.9 Å². The fraction of sp³-hybridized carbons (Fsp3) is 0.850. The van der Waals surface area contributed by atoms with Crippen LogP contribution in [0.25, 0.3) is 0 Å². The highest BCUT2D eigenvalue weighted by Crippen LogP contribution is 2.42. The number of carbonyl (C=O) groups is 2. The molecule has 4 rings (SSSR count). The third kappa shape index (κ3) is 4.72. The molecule has 3 aliphatic heterocycles. The SMILES string of the molecule is N#CC1(C(=O)N2C[C@@H]3COC[C@@H](N4CCCC4)[C@@H]3C2)CCCC1.O=C(O)C(F)(F)F. The van der Waals surface area contributed by atoms with Crippen molar-refractivity contribution in [1.82, 2.24) is 9.80 Å². The van der Waals surface area contributed by atoms with E-state index in [4.69, 9.17) is 14.6 Å². The zero-order chi connectivity index (χ0) is 21.9. The van der Waals surface area contributed by atoms with E-state index in [1.165, 1.54) is 25.9 Å². The first-order chi connectivity index (χ1) is 14.2. The summed E-state index contributed by atoms with van der Waals surface area (Å²) in [6.07, 6.45) is 1.02. The van der Waals surface area contributed by atoms with Crippen LogP contribution >= 0.6 is 0 Å². The highest BCUT2D eigenvalue weighted by Gasteiger charge is 2.50. The molecule has 4 fully saturated rings. The van der Waals surface area contributed by atoms with E-state index in [2.05, 4.69) is 11.0 Å². The largest absolute Gasteiger partial charge is 0.490 e. The van der Waals surface area contributed by atoms with Crippen LogP contribution in [0.3, 0.4) is 0 Å². The highest BCUT2D eigenvalue weighted by molar-refractivity contribution is 5.86. The molecule has 0 aromatic rings. The first-order valence-electron chi connectivity index (χ1n) is 10.5. The van der Waals surface area contributed by atoms with Crippen LogP contribution in [0.2, 0.25) is 0 Å². The first-order valence-corrected chi connectivity index (χ1v) is 10.5. The number of alkyl halides is 3. The van der Waals surface area contributed by atoms with Crippen molar-refractivity contribution in [2.45, 2.75) is 50.7 Å². The number of ether oxygens (including phenoxy) is 1. The van der Waals surface area contributed by atoms with E-state index in [-0.39, 0.29) is 5.91 Å². The standard InChI is InChI=1S/C18H27N3O2.C2HF3O2/c19-13-18(5-1-2-6-18)17(22)21-9-14-11-23-12-16(15(14)10-21)20-7-3-4-8-20;3-2(4,5)1(6)7/h14-16H,1-12H2;(H,6,7)/t14-,15-,16-;/m1./s1. The number of rotatable bonds is 2. The first kappa shape index (κ1) is 22.8. The fourth-order valence-corrected chi connectivity index (χ4v) is 5.24. The molecule has 7 nitrogen and oxygen atoms in total. The molecule has 168 valence electrons. The van der Waals surface area contributed by atoms with Gasteiger partial charge in [-0.15, -0.1) is 0 Å². The normalized spacial score (nSPS) is 30.9. The van der Waals surface area contributed by atoms with Crippen LogP contribution in [0.1, 0.15) is 38.5 Å². The Hall–Kier alpha value is -1.86. The van der Waals surface area contributed by atoms with Crippen molar-refractivity contribution >= 4 is 11.9 Å². The lowest BCUT2D eigenvalue weighted by atomic mass is 9.86. The maximum atomic E-state index is 13.0. The summed E-state index contributed by atoms with van der Waals surface area (Å²) in [5.41, 5.74) is -0.725. The lowest BCUT2D eigenvalue weighted by Crippen LogP contribution is -2.49. The number of carboxylic acid groups (broad SMARTS) is 1. The maximum Gasteiger partial charge on any atom is 0.490 e. The molecule has 1 amide bonds. The molecule has 1 N–H and O–H groups in total. The van der Waals surface area contributed by atoms with Gasteiger partial charge in [0.25, 0.3) is 0 Å². The third-order valence-corrected chi connectivity index (χ3v) is 6.83. The van der Waals surface area contributed by atoms with Crippen molar-refractivity contribution in [3.63, 3.8) is 0 Å². The molecule has 0 radical (unpaired) electrons. The Kier molecular flexibility index (Phi) is 6.92. The van der Waals surface area contributed by atoms with E-state index in [1.807, 2.05) is 4.90 Å². The van der Waals surface area contributed by atoms with Crippen molar-refractivity contribution in [3.05, 3.63) is 0 Å². The van der Waals surface area contributed by atoms with Gasteiger partial charge in [-0.25, -0.2) is 4.79 Å². The van der Waals surface area contributed by atoms with E-state index < -0.39 is 17.6 Å². The van der Waals surface area contributed by atoms with E-state index in [1.54, 1.807) is 0 Å². The predicted molar refractivity (Wildman–Crippen MR) is 99.2 cm³/mol. The Bertz CT molecular complexity index is 682. The number of hydrogen-bond acceptors (Lipinski definition) is 5. The number of halogens is 3. The number of amides is 1. The lowest BCUT2D eigenvalue weighted by molar-refractivity contribution is -0.192. The minimum atomic E-state index is -5.08. The van der Waals surface area contributed by atoms with Crippen LogP contribution in [0.5, 0.6) is 0 Å². The van der Waals surface area contributed by atoms with Crippen molar-refractivity contribution in [1.29, 1.82) is 5.26 Å². The van der Waals surface area contributed by atoms with Crippen LogP contribution in [0.4, 0.5) is 13.2 Å². The van der Waals surface area contributed by atoms with Crippen LogP contribution in [-0.4, -0.2) is 78.4 Å². The molecule has 1 aliphatic carbocycles. The predicted octanol–water partition coefficient (Wildman–Crippen LogP) is 2.27. The van der Waals surface area contributed by atoms with Crippen LogP contribution in [-0.2, 0) is 14.3 Å². The summed E-state index contributed by atoms with van der Waals surface area (Å²) in [5, 5.41) is 16.7. The van der Waals surface area contributed by atoms with Gasteiger partial charge < -0.3 is 14.7 Å². The van der Waals surface area contributed by atoms with E-state index >= 15 is 0 Å². The average Bonchev–Trinajstić information content (AvgIpc) is 3.47. The minimum Gasteiger partial charge on any atom is -0.475 e. The number of nitriles is 1. The fourth-order valence-electron chi connectivity index (χ4n) is 5.24. The molecule has 0 aromatic carbocycles. The summed E-state index contributed by atoms with van der Waals surface area (Å²) in [6, 6.07) is 2.84. The summed E-state index contributed by atoms with van der Waals surface area (Å²) >= 11 is 0. The molecule has 3 saturated heterocycles. The number of likely N-dealkylation sites (tertiary alicyclic amines) is 2. The monoisotopic (exact) mass is 431 g/mol. The highest BCUT2D eigenvalue weighted by atomic mass is 19.4. The van der Waals surface area contributed by atoms with Crippen molar-refractivity contribution < 1.29 is 32.6 Å². The lowest BCUT2D eigenvalue weighted by Gasteiger charge is -2.38. The Labute approximate surface area is 173 Å². The van der Waals surface area contributed by atoms with Gasteiger partial charge in [-0.05, 0) is 38.8 Å². The van der Waals surface area contributed by atoms with Crippen molar-refractivity contribution in [2.75, 3.05) is 39.4 Å². The molecular weight excluding hydrogens is 403 g/mol. The average molecular weight is 431 g/mol. The zero-order valence-corrected chi connectivity index (χ0v) is 16.9. The summed E-state index contributed by atoms with van der Waals surface area (Å²) in [7, 11) is 0. The van der Waals surface area contributed by atoms with Crippen LogP contribution in [0.15, 0.2) is 0 Å². The Balaban J connectivity index is 0.000000318. The Morgan fingerprint density at radius 1 is 1.07 bits per heavy atom. The quantitative estimate of drug-likeness (QED) is 0.721. The Morgan fingerprint density at radius 2 is 1.67 bits per heavy atom. The molecule has 30 heavy (non-hydrogen) atoms. The van der Waals surface area contributed by atoms with E-state index in [9.17, 15) is 23.2 Å². The number of carbonyl (C=O) groups excluding carboxylic acids is 1. The Morgan fingerprint density at radius 3 is 2.20 bits per heavy atom. The number of carboxylic acids is 1. The summed E-state index contributed by atoms with van der Waals surface area (Å²) in [5.74, 6) is -1.67. The summed E-state index contributed by atoms with van der Waals surface area (Å²) in [6.45, 7) is 5.56. The zero-order valence-electron chi connectivity index (χ0n) is 16.9. The van der Waals surface area contributed by atoms with Gasteiger partial charge in [0.1, 0.15) is 5.41 Å². The molecular formula is C20H28F3N3O4. The van der Waals surface area contributed by atoms with Gasteiger partial charge in [-0.1, -0.05) is 12.8 Å². The summed E-state index contributed by atoms with van der Waals surface area (Å²) < 4.78 is 37.6. The number of fused-ring (bicyclic) bond motifs is 1. The van der Waals surface area contributed by atoms with Gasteiger partial charge in [0.15, 0.2) is 0 Å². The minimum absolute atomic E-state index is 0.104.